The molecule has 8 heteroatoms. The molecule has 4 rings (SSSR count). The van der Waals surface area contributed by atoms with Crippen LogP contribution in [0.3, 0.4) is 0 Å². The van der Waals surface area contributed by atoms with E-state index in [0.717, 1.165) is 0 Å². The monoisotopic (exact) mass is 433 g/mol. The molecule has 0 saturated carbocycles. The summed E-state index contributed by atoms with van der Waals surface area (Å²) in [6, 6.07) is 15.0. The van der Waals surface area contributed by atoms with Crippen molar-refractivity contribution < 1.29 is 33.4 Å². The first kappa shape index (κ1) is 20.9. The van der Waals surface area contributed by atoms with Crippen LogP contribution in [0.4, 0.5) is 5.69 Å². The van der Waals surface area contributed by atoms with Crippen molar-refractivity contribution in [1.29, 1.82) is 0 Å². The van der Waals surface area contributed by atoms with Crippen LogP contribution >= 0.6 is 0 Å². The maximum absolute atomic E-state index is 13.2. The van der Waals surface area contributed by atoms with Gasteiger partial charge < -0.3 is 19.0 Å². The van der Waals surface area contributed by atoms with E-state index in [9.17, 15) is 19.5 Å². The third kappa shape index (κ3) is 3.51. The Hall–Kier alpha value is -4.33. The molecule has 2 aromatic carbocycles. The van der Waals surface area contributed by atoms with E-state index in [2.05, 4.69) is 0 Å². The number of Topliss-reactive ketones (excluding diaryl/α,β-unsaturated/α-hetero) is 1. The summed E-state index contributed by atoms with van der Waals surface area (Å²) in [5.74, 6) is -2.04. The van der Waals surface area contributed by atoms with Crippen molar-refractivity contribution in [2.24, 2.45) is 0 Å². The molecule has 1 aromatic heterocycles. The number of benzene rings is 2. The number of furan rings is 1. The lowest BCUT2D eigenvalue weighted by atomic mass is 9.94. The van der Waals surface area contributed by atoms with Crippen molar-refractivity contribution >= 4 is 23.3 Å². The molecule has 8 nitrogen and oxygen atoms in total. The molecular weight excluding hydrogens is 414 g/mol. The van der Waals surface area contributed by atoms with E-state index < -0.39 is 29.5 Å². The third-order valence-electron chi connectivity index (χ3n) is 5.17. The number of amides is 1. The molecule has 1 amide bonds. The number of ketones is 1. The predicted molar refractivity (Wildman–Crippen MR) is 114 cm³/mol. The fraction of sp³-hybridized carbons (Fsp3) is 0.125. The van der Waals surface area contributed by atoms with Gasteiger partial charge in [0.2, 0.25) is 5.78 Å². The van der Waals surface area contributed by atoms with Crippen LogP contribution in [-0.4, -0.2) is 37.0 Å². The zero-order valence-corrected chi connectivity index (χ0v) is 17.3. The van der Waals surface area contributed by atoms with Gasteiger partial charge >= 0.3 is 5.97 Å². The van der Waals surface area contributed by atoms with Crippen LogP contribution in [0.1, 0.15) is 32.5 Å². The minimum absolute atomic E-state index is 0.00450. The molecule has 0 fully saturated rings. The second kappa shape index (κ2) is 8.43. The highest BCUT2D eigenvalue weighted by Crippen LogP contribution is 2.42. The Morgan fingerprint density at radius 1 is 1.03 bits per heavy atom. The zero-order valence-electron chi connectivity index (χ0n) is 17.3. The van der Waals surface area contributed by atoms with Gasteiger partial charge in [0.15, 0.2) is 11.5 Å². The molecule has 32 heavy (non-hydrogen) atoms. The van der Waals surface area contributed by atoms with Crippen LogP contribution in [0.5, 0.6) is 5.75 Å². The van der Waals surface area contributed by atoms with Crippen LogP contribution in [0.15, 0.2) is 82.7 Å². The second-order valence-corrected chi connectivity index (χ2v) is 6.96. The molecule has 3 aromatic rings. The Kier molecular flexibility index (Phi) is 5.51. The van der Waals surface area contributed by atoms with Gasteiger partial charge in [-0.2, -0.15) is 0 Å². The van der Waals surface area contributed by atoms with Crippen molar-refractivity contribution in [2.45, 2.75) is 6.04 Å². The van der Waals surface area contributed by atoms with E-state index >= 15 is 0 Å². The van der Waals surface area contributed by atoms with Gasteiger partial charge in [0.25, 0.3) is 5.91 Å². The summed E-state index contributed by atoms with van der Waals surface area (Å²) in [6.45, 7) is 0. The molecule has 1 aliphatic heterocycles. The van der Waals surface area contributed by atoms with E-state index in [1.165, 1.54) is 43.6 Å². The SMILES string of the molecule is COC(=O)c1ccc(N2C(=O)C(O)=C(C(=O)c3ccco3)C2c2cccc(OC)c2)cc1. The van der Waals surface area contributed by atoms with E-state index in [0.29, 0.717) is 22.6 Å². The number of esters is 1. The molecule has 0 radical (unpaired) electrons. The van der Waals surface area contributed by atoms with Gasteiger partial charge in [0, 0.05) is 5.69 Å². The summed E-state index contributed by atoms with van der Waals surface area (Å²) < 4.78 is 15.2. The summed E-state index contributed by atoms with van der Waals surface area (Å²) in [4.78, 5) is 39.4. The van der Waals surface area contributed by atoms with Gasteiger partial charge in [-0.05, 0) is 54.1 Å². The van der Waals surface area contributed by atoms with E-state index in [1.54, 1.807) is 42.5 Å². The molecule has 1 unspecified atom stereocenters. The highest BCUT2D eigenvalue weighted by Gasteiger charge is 2.45. The number of hydrogen-bond acceptors (Lipinski definition) is 7. The molecule has 0 saturated heterocycles. The fourth-order valence-electron chi connectivity index (χ4n) is 3.65. The number of rotatable bonds is 6. The van der Waals surface area contributed by atoms with Crippen molar-refractivity contribution in [3.63, 3.8) is 0 Å². The maximum Gasteiger partial charge on any atom is 0.337 e. The van der Waals surface area contributed by atoms with Gasteiger partial charge in [0.05, 0.1) is 37.7 Å². The summed E-state index contributed by atoms with van der Waals surface area (Å²) >= 11 is 0. The largest absolute Gasteiger partial charge is 0.503 e. The average molecular weight is 433 g/mol. The number of aliphatic hydroxyl groups is 1. The average Bonchev–Trinajstić information content (AvgIpc) is 3.46. The number of nitrogens with zero attached hydrogens (tertiary/aromatic N) is 1. The van der Waals surface area contributed by atoms with Gasteiger partial charge in [-0.25, -0.2) is 4.79 Å². The summed E-state index contributed by atoms with van der Waals surface area (Å²) in [5, 5.41) is 10.7. The smallest absolute Gasteiger partial charge is 0.337 e. The minimum atomic E-state index is -0.945. The molecule has 1 atom stereocenters. The number of ether oxygens (including phenoxy) is 2. The summed E-state index contributed by atoms with van der Waals surface area (Å²) in [7, 11) is 2.78. The first-order valence-electron chi connectivity index (χ1n) is 9.63. The maximum atomic E-state index is 13.2. The molecule has 0 bridgehead atoms. The second-order valence-electron chi connectivity index (χ2n) is 6.96. The van der Waals surface area contributed by atoms with Crippen molar-refractivity contribution in [2.75, 3.05) is 19.1 Å². The van der Waals surface area contributed by atoms with Crippen LogP contribution < -0.4 is 9.64 Å². The lowest BCUT2D eigenvalue weighted by Gasteiger charge is -2.27. The van der Waals surface area contributed by atoms with Gasteiger partial charge in [-0.15, -0.1) is 0 Å². The van der Waals surface area contributed by atoms with Crippen LogP contribution in [-0.2, 0) is 9.53 Å². The Balaban J connectivity index is 1.84. The Morgan fingerprint density at radius 2 is 1.78 bits per heavy atom. The molecule has 2 heterocycles. The fourth-order valence-corrected chi connectivity index (χ4v) is 3.65. The predicted octanol–water partition coefficient (Wildman–Crippen LogP) is 3.86. The van der Waals surface area contributed by atoms with Gasteiger partial charge in [0.1, 0.15) is 5.75 Å². The van der Waals surface area contributed by atoms with Crippen molar-refractivity contribution in [3.8, 4) is 5.75 Å². The Bertz CT molecular complexity index is 1210. The van der Waals surface area contributed by atoms with E-state index in [-0.39, 0.29) is 11.3 Å². The highest BCUT2D eigenvalue weighted by atomic mass is 16.5. The normalized spacial score (nSPS) is 15.8. The molecule has 1 aliphatic rings. The topological polar surface area (TPSA) is 106 Å². The number of carbonyl (C=O) groups is 3. The molecule has 0 aliphatic carbocycles. The van der Waals surface area contributed by atoms with Gasteiger partial charge in [-0.1, -0.05) is 12.1 Å². The quantitative estimate of drug-likeness (QED) is 0.465. The third-order valence-corrected chi connectivity index (χ3v) is 5.17. The standard InChI is InChI=1S/C24H19NO7/c1-30-17-6-3-5-15(13-17)20-19(21(26)18-7-4-12-32-18)22(27)23(28)25(20)16-10-8-14(9-11-16)24(29)31-2/h3-13,20,27H,1-2H3. The first-order valence-corrected chi connectivity index (χ1v) is 9.63. The number of methoxy groups -OCH3 is 2. The number of hydrogen-bond donors (Lipinski definition) is 1. The van der Waals surface area contributed by atoms with Crippen molar-refractivity contribution in [1.82, 2.24) is 0 Å². The van der Waals surface area contributed by atoms with Gasteiger partial charge in [-0.3, -0.25) is 14.5 Å². The van der Waals surface area contributed by atoms with E-state index in [4.69, 9.17) is 13.9 Å². The summed E-state index contributed by atoms with van der Waals surface area (Å²) in [5.41, 5.74) is 1.11. The van der Waals surface area contributed by atoms with Crippen LogP contribution in [0.2, 0.25) is 0 Å². The molecule has 0 spiro atoms. The lowest BCUT2D eigenvalue weighted by molar-refractivity contribution is -0.117. The zero-order chi connectivity index (χ0) is 22.8. The minimum Gasteiger partial charge on any atom is -0.503 e. The molecule has 1 N–H and O–H groups in total. The summed E-state index contributed by atoms with van der Waals surface area (Å²) in [6.07, 6.45) is 1.34. The van der Waals surface area contributed by atoms with E-state index in [1.807, 2.05) is 0 Å². The van der Waals surface area contributed by atoms with Crippen LogP contribution in [0.25, 0.3) is 0 Å². The Morgan fingerprint density at radius 3 is 2.41 bits per heavy atom. The number of carbonyl (C=O) groups excluding carboxylic acids is 3. The first-order chi connectivity index (χ1) is 15.5. The number of aliphatic hydroxyl groups excluding tert-OH is 1. The molecule has 162 valence electrons. The number of anilines is 1. The lowest BCUT2D eigenvalue weighted by Crippen LogP contribution is -2.31. The highest BCUT2D eigenvalue weighted by molar-refractivity contribution is 6.20. The van der Waals surface area contributed by atoms with Crippen LogP contribution in [0, 0.1) is 0 Å². The van der Waals surface area contributed by atoms with Crippen molar-refractivity contribution in [3.05, 3.63) is 95.1 Å². The Labute approximate surface area is 183 Å². The molecular formula is C24H19NO7.